The van der Waals surface area contributed by atoms with Crippen LogP contribution in [0.1, 0.15) is 24.8 Å². The molecule has 0 amide bonds. The van der Waals surface area contributed by atoms with E-state index < -0.39 is 5.97 Å². The lowest BCUT2D eigenvalue weighted by atomic mass is 10.0. The summed E-state index contributed by atoms with van der Waals surface area (Å²) >= 11 is 0. The van der Waals surface area contributed by atoms with E-state index in [1.54, 1.807) is 6.20 Å². The number of aliphatic carboxylic acids is 1. The zero-order valence-corrected chi connectivity index (χ0v) is 9.76. The third kappa shape index (κ3) is 2.51. The van der Waals surface area contributed by atoms with Gasteiger partial charge in [0.25, 0.3) is 0 Å². The highest BCUT2D eigenvalue weighted by Crippen LogP contribution is 2.20. The van der Waals surface area contributed by atoms with E-state index in [9.17, 15) is 4.79 Å². The molecule has 0 atom stereocenters. The van der Waals surface area contributed by atoms with Crippen LogP contribution in [0.25, 0.3) is 10.9 Å². The van der Waals surface area contributed by atoms with Crippen LogP contribution in [0.5, 0.6) is 0 Å². The maximum absolute atomic E-state index is 10.5. The molecule has 0 unspecified atom stereocenters. The van der Waals surface area contributed by atoms with Gasteiger partial charge in [-0.3, -0.25) is 4.79 Å². The van der Waals surface area contributed by atoms with E-state index >= 15 is 0 Å². The highest BCUT2D eigenvalue weighted by Gasteiger charge is 2.11. The molecule has 3 N–H and O–H groups in total. The molecule has 0 fully saturated rings. The molecule has 0 aliphatic heterocycles. The van der Waals surface area contributed by atoms with Crippen molar-refractivity contribution < 1.29 is 15.1 Å². The molecule has 0 radical (unpaired) electrons. The zero-order valence-electron chi connectivity index (χ0n) is 9.76. The molecule has 0 bridgehead atoms. The fourth-order valence-corrected chi connectivity index (χ4v) is 1.96. The minimum Gasteiger partial charge on any atom is -0.481 e. The number of hydrogen-bond acceptors (Lipinski definition) is 3. The summed E-state index contributed by atoms with van der Waals surface area (Å²) in [7, 11) is 0. The second-order valence-electron chi connectivity index (χ2n) is 4.04. The summed E-state index contributed by atoms with van der Waals surface area (Å²) in [6, 6.07) is 7.70. The van der Waals surface area contributed by atoms with Crippen molar-refractivity contribution in [2.24, 2.45) is 5.16 Å². The largest absolute Gasteiger partial charge is 0.481 e. The van der Waals surface area contributed by atoms with Crippen LogP contribution in [-0.2, 0) is 4.79 Å². The third-order valence-electron chi connectivity index (χ3n) is 2.83. The van der Waals surface area contributed by atoms with Crippen LogP contribution in [0.3, 0.4) is 0 Å². The van der Waals surface area contributed by atoms with E-state index in [-0.39, 0.29) is 6.42 Å². The predicted molar refractivity (Wildman–Crippen MR) is 68.1 cm³/mol. The Morgan fingerprint density at radius 2 is 2.06 bits per heavy atom. The Labute approximate surface area is 104 Å². The SMILES string of the molecule is O=C(O)CCC/C(=N/O)c1c[nH]c2ccccc12. The van der Waals surface area contributed by atoms with Crippen LogP contribution in [0, 0.1) is 0 Å². The molecular weight excluding hydrogens is 232 g/mol. The smallest absolute Gasteiger partial charge is 0.303 e. The molecule has 5 nitrogen and oxygen atoms in total. The molecule has 1 aromatic heterocycles. The summed E-state index contributed by atoms with van der Waals surface area (Å²) in [4.78, 5) is 13.6. The number of carboxylic acid groups (broad SMARTS) is 1. The summed E-state index contributed by atoms with van der Waals surface area (Å²) in [5.41, 5.74) is 2.29. The van der Waals surface area contributed by atoms with Gasteiger partial charge in [-0.2, -0.15) is 0 Å². The van der Waals surface area contributed by atoms with E-state index in [4.69, 9.17) is 10.3 Å². The van der Waals surface area contributed by atoms with Crippen molar-refractivity contribution in [2.45, 2.75) is 19.3 Å². The minimum atomic E-state index is -0.841. The van der Waals surface area contributed by atoms with E-state index in [0.717, 1.165) is 16.5 Å². The molecule has 2 aromatic rings. The van der Waals surface area contributed by atoms with Crippen LogP contribution in [-0.4, -0.2) is 27.0 Å². The maximum atomic E-state index is 10.5. The summed E-state index contributed by atoms with van der Waals surface area (Å²) in [6.45, 7) is 0. The standard InChI is InChI=1S/C13H14N2O3/c16-13(17)7-3-6-12(15-18)10-8-14-11-5-2-1-4-9(10)11/h1-2,4-5,8,14,18H,3,6-7H2,(H,16,17)/b15-12-. The Balaban J connectivity index is 2.20. The van der Waals surface area contributed by atoms with Crippen molar-refractivity contribution in [3.8, 4) is 0 Å². The van der Waals surface area contributed by atoms with Gasteiger partial charge in [-0.15, -0.1) is 0 Å². The van der Waals surface area contributed by atoms with Gasteiger partial charge < -0.3 is 15.3 Å². The minimum absolute atomic E-state index is 0.0708. The van der Waals surface area contributed by atoms with Gasteiger partial charge in [0.05, 0.1) is 5.71 Å². The Bertz CT molecular complexity index is 587. The molecule has 0 aliphatic rings. The van der Waals surface area contributed by atoms with E-state index in [1.807, 2.05) is 24.3 Å². The molecule has 94 valence electrons. The first kappa shape index (κ1) is 12.2. The molecule has 18 heavy (non-hydrogen) atoms. The highest BCUT2D eigenvalue weighted by atomic mass is 16.4. The Hall–Kier alpha value is -2.30. The van der Waals surface area contributed by atoms with Crippen molar-refractivity contribution in [2.75, 3.05) is 0 Å². The Kier molecular flexibility index (Phi) is 3.62. The van der Waals surface area contributed by atoms with Gasteiger partial charge in [0.15, 0.2) is 0 Å². The zero-order chi connectivity index (χ0) is 13.0. The third-order valence-corrected chi connectivity index (χ3v) is 2.83. The van der Waals surface area contributed by atoms with Crippen molar-refractivity contribution in [1.82, 2.24) is 4.98 Å². The van der Waals surface area contributed by atoms with Gasteiger partial charge in [-0.1, -0.05) is 23.4 Å². The predicted octanol–water partition coefficient (Wildman–Crippen LogP) is 2.60. The van der Waals surface area contributed by atoms with Crippen LogP contribution >= 0.6 is 0 Å². The number of fused-ring (bicyclic) bond motifs is 1. The number of para-hydroxylation sites is 1. The quantitative estimate of drug-likeness (QED) is 0.430. The average Bonchev–Trinajstić information content (AvgIpc) is 2.78. The van der Waals surface area contributed by atoms with E-state index in [1.165, 1.54) is 0 Å². The number of benzene rings is 1. The monoisotopic (exact) mass is 246 g/mol. The Morgan fingerprint density at radius 3 is 2.78 bits per heavy atom. The molecule has 0 spiro atoms. The van der Waals surface area contributed by atoms with E-state index in [0.29, 0.717) is 18.6 Å². The fourth-order valence-electron chi connectivity index (χ4n) is 1.96. The Morgan fingerprint density at radius 1 is 1.28 bits per heavy atom. The molecular formula is C13H14N2O3. The van der Waals surface area contributed by atoms with Crippen molar-refractivity contribution in [3.63, 3.8) is 0 Å². The molecule has 5 heteroatoms. The second kappa shape index (κ2) is 5.35. The number of hydrogen-bond donors (Lipinski definition) is 3. The van der Waals surface area contributed by atoms with Crippen molar-refractivity contribution in [1.29, 1.82) is 0 Å². The first-order chi connectivity index (χ1) is 8.72. The number of nitrogens with zero attached hydrogens (tertiary/aromatic N) is 1. The van der Waals surface area contributed by atoms with Crippen LogP contribution in [0.2, 0.25) is 0 Å². The maximum Gasteiger partial charge on any atom is 0.303 e. The van der Waals surface area contributed by atoms with Crippen molar-refractivity contribution in [3.05, 3.63) is 36.0 Å². The lowest BCUT2D eigenvalue weighted by molar-refractivity contribution is -0.137. The van der Waals surface area contributed by atoms with Gasteiger partial charge in [0, 0.05) is 29.1 Å². The summed E-state index contributed by atoms with van der Waals surface area (Å²) in [6.07, 6.45) is 2.74. The second-order valence-corrected chi connectivity index (χ2v) is 4.04. The lowest BCUT2D eigenvalue weighted by Crippen LogP contribution is -2.02. The molecule has 1 aromatic carbocycles. The van der Waals surface area contributed by atoms with Gasteiger partial charge >= 0.3 is 5.97 Å². The van der Waals surface area contributed by atoms with Crippen LogP contribution in [0.4, 0.5) is 0 Å². The summed E-state index contributed by atoms with van der Waals surface area (Å²) < 4.78 is 0. The first-order valence-electron chi connectivity index (χ1n) is 5.71. The number of aromatic nitrogens is 1. The van der Waals surface area contributed by atoms with E-state index in [2.05, 4.69) is 10.1 Å². The number of aromatic amines is 1. The average molecular weight is 246 g/mol. The fraction of sp³-hybridized carbons (Fsp3) is 0.231. The summed E-state index contributed by atoms with van der Waals surface area (Å²) in [5, 5.41) is 21.9. The number of H-pyrrole nitrogens is 1. The molecule has 0 saturated heterocycles. The molecule has 0 aliphatic carbocycles. The normalized spacial score (nSPS) is 11.9. The van der Waals surface area contributed by atoms with Crippen molar-refractivity contribution >= 4 is 22.6 Å². The number of carbonyl (C=O) groups is 1. The van der Waals surface area contributed by atoms with Crippen LogP contribution in [0.15, 0.2) is 35.6 Å². The molecule has 2 rings (SSSR count). The first-order valence-corrected chi connectivity index (χ1v) is 5.71. The summed E-state index contributed by atoms with van der Waals surface area (Å²) in [5.74, 6) is -0.841. The van der Waals surface area contributed by atoms with Gasteiger partial charge in [0.2, 0.25) is 0 Å². The topological polar surface area (TPSA) is 85.7 Å². The highest BCUT2D eigenvalue weighted by molar-refractivity contribution is 6.10. The van der Waals surface area contributed by atoms with Gasteiger partial charge in [-0.25, -0.2) is 0 Å². The number of nitrogens with one attached hydrogen (secondary N) is 1. The van der Waals surface area contributed by atoms with Gasteiger partial charge in [0.1, 0.15) is 0 Å². The molecule has 1 heterocycles. The number of carboxylic acids is 1. The lowest BCUT2D eigenvalue weighted by Gasteiger charge is -2.02. The van der Waals surface area contributed by atoms with Crippen LogP contribution < -0.4 is 0 Å². The number of rotatable bonds is 5. The number of oxime groups is 1. The molecule has 0 saturated carbocycles. The van der Waals surface area contributed by atoms with Gasteiger partial charge in [-0.05, 0) is 18.9 Å².